The number of unbranched alkanes of at least 4 members (excludes halogenated alkanes) is 1. The van der Waals surface area contributed by atoms with Crippen LogP contribution in [-0.2, 0) is 14.3 Å². The average molecular weight is 442 g/mol. The van der Waals surface area contributed by atoms with Crippen LogP contribution in [0.25, 0.3) is 0 Å². The van der Waals surface area contributed by atoms with Crippen LogP contribution in [0.3, 0.4) is 0 Å². The van der Waals surface area contributed by atoms with E-state index in [0.29, 0.717) is 32.3 Å². The second-order valence-electron chi connectivity index (χ2n) is 7.94. The minimum Gasteiger partial charge on any atom is -0.466 e. The lowest BCUT2D eigenvalue weighted by Gasteiger charge is -2.32. The fraction of sp³-hybridized carbons (Fsp3) is 0.417. The molecule has 0 N–H and O–H groups in total. The Kier molecular flexibility index (Phi) is 7.49. The van der Waals surface area contributed by atoms with Gasteiger partial charge in [-0.05, 0) is 56.2 Å². The lowest BCUT2D eigenvalue weighted by atomic mass is 10.1. The number of anilines is 4. The van der Waals surface area contributed by atoms with E-state index < -0.39 is 0 Å². The first-order valence-corrected chi connectivity index (χ1v) is 11.4. The summed E-state index contributed by atoms with van der Waals surface area (Å²) in [6, 6.07) is 12.4. The predicted octanol–water partition coefficient (Wildman–Crippen LogP) is 5.07. The highest BCUT2D eigenvalue weighted by Crippen LogP contribution is 2.50. The summed E-state index contributed by atoms with van der Waals surface area (Å²) in [5.74, 6) is -0.158. The van der Waals surface area contributed by atoms with Crippen molar-refractivity contribution in [2.75, 3.05) is 49.5 Å². The van der Waals surface area contributed by atoms with E-state index >= 15 is 0 Å². The molecule has 0 fully saturated rings. The summed E-state index contributed by atoms with van der Waals surface area (Å²) < 4.78 is 4.97. The third-order valence-electron chi connectivity index (χ3n) is 5.20. The fourth-order valence-electron chi connectivity index (χ4n) is 3.50. The van der Waals surface area contributed by atoms with Crippen molar-refractivity contribution in [3.63, 3.8) is 0 Å². The van der Waals surface area contributed by atoms with E-state index in [1.807, 2.05) is 57.4 Å². The lowest BCUT2D eigenvalue weighted by molar-refractivity contribution is -0.143. The Balaban J connectivity index is 1.86. The first-order chi connectivity index (χ1) is 14.8. The SMILES string of the molecule is CCOC(=O)CCCCC(=O)N1c2ccc(N(C)C)cc2Sc2cc(N(C)C)ccc21. The molecule has 3 rings (SSSR count). The van der Waals surface area contributed by atoms with Crippen molar-refractivity contribution in [1.82, 2.24) is 0 Å². The van der Waals surface area contributed by atoms with Gasteiger partial charge < -0.3 is 14.5 Å². The van der Waals surface area contributed by atoms with E-state index in [-0.39, 0.29) is 11.9 Å². The molecule has 0 aromatic heterocycles. The van der Waals surface area contributed by atoms with Gasteiger partial charge in [0.15, 0.2) is 0 Å². The summed E-state index contributed by atoms with van der Waals surface area (Å²) in [5, 5.41) is 0. The summed E-state index contributed by atoms with van der Waals surface area (Å²) in [7, 11) is 8.05. The monoisotopic (exact) mass is 441 g/mol. The Morgan fingerprint density at radius 3 is 1.87 bits per heavy atom. The zero-order chi connectivity index (χ0) is 22.5. The molecule has 7 heteroatoms. The lowest BCUT2D eigenvalue weighted by Crippen LogP contribution is -2.28. The van der Waals surface area contributed by atoms with Gasteiger partial charge in [-0.3, -0.25) is 14.5 Å². The molecule has 0 bridgehead atoms. The molecule has 1 aliphatic rings. The average Bonchev–Trinajstić information content (AvgIpc) is 2.74. The number of carbonyl (C=O) groups is 2. The number of hydrogen-bond acceptors (Lipinski definition) is 6. The molecule has 0 saturated carbocycles. The number of carbonyl (C=O) groups excluding carboxylic acids is 2. The van der Waals surface area contributed by atoms with Crippen LogP contribution in [0.1, 0.15) is 32.6 Å². The van der Waals surface area contributed by atoms with Crippen molar-refractivity contribution in [2.24, 2.45) is 0 Å². The second kappa shape index (κ2) is 10.1. The summed E-state index contributed by atoms with van der Waals surface area (Å²) in [5.41, 5.74) is 4.02. The predicted molar refractivity (Wildman–Crippen MR) is 128 cm³/mol. The van der Waals surface area contributed by atoms with Crippen LogP contribution in [0.4, 0.5) is 22.7 Å². The second-order valence-corrected chi connectivity index (χ2v) is 9.02. The van der Waals surface area contributed by atoms with Crippen molar-refractivity contribution in [3.05, 3.63) is 36.4 Å². The van der Waals surface area contributed by atoms with Crippen LogP contribution in [0, 0.1) is 0 Å². The number of hydrogen-bond donors (Lipinski definition) is 0. The smallest absolute Gasteiger partial charge is 0.305 e. The molecular weight excluding hydrogens is 410 g/mol. The summed E-state index contributed by atoms with van der Waals surface area (Å²) >= 11 is 1.70. The Labute approximate surface area is 189 Å². The Morgan fingerprint density at radius 2 is 1.39 bits per heavy atom. The van der Waals surface area contributed by atoms with E-state index in [1.54, 1.807) is 18.7 Å². The molecule has 1 heterocycles. The van der Waals surface area contributed by atoms with Crippen LogP contribution in [-0.4, -0.2) is 46.7 Å². The molecule has 0 unspecified atom stereocenters. The largest absolute Gasteiger partial charge is 0.466 e. The maximum absolute atomic E-state index is 13.3. The van der Waals surface area contributed by atoms with Gasteiger partial charge in [-0.25, -0.2) is 0 Å². The van der Waals surface area contributed by atoms with Gasteiger partial charge in [0.25, 0.3) is 0 Å². The third kappa shape index (κ3) is 5.34. The molecule has 0 aliphatic carbocycles. The zero-order valence-electron chi connectivity index (χ0n) is 19.0. The fourth-order valence-corrected chi connectivity index (χ4v) is 4.63. The highest BCUT2D eigenvalue weighted by molar-refractivity contribution is 7.99. The molecule has 166 valence electrons. The van der Waals surface area contributed by atoms with E-state index in [0.717, 1.165) is 32.5 Å². The summed E-state index contributed by atoms with van der Waals surface area (Å²) in [4.78, 5) is 33.0. The van der Waals surface area contributed by atoms with Crippen LogP contribution in [0.2, 0.25) is 0 Å². The number of ether oxygens (including phenoxy) is 1. The normalized spacial score (nSPS) is 12.1. The molecule has 6 nitrogen and oxygen atoms in total. The highest BCUT2D eigenvalue weighted by atomic mass is 32.2. The molecule has 0 radical (unpaired) electrons. The van der Waals surface area contributed by atoms with Crippen LogP contribution in [0.5, 0.6) is 0 Å². The van der Waals surface area contributed by atoms with E-state index in [4.69, 9.17) is 4.74 Å². The number of fused-ring (bicyclic) bond motifs is 2. The Bertz CT molecular complexity index is 902. The molecule has 0 saturated heterocycles. The molecule has 1 amide bonds. The number of benzene rings is 2. The quantitative estimate of drug-likeness (QED) is 0.421. The molecule has 0 spiro atoms. The van der Waals surface area contributed by atoms with Gasteiger partial charge in [-0.1, -0.05) is 11.8 Å². The van der Waals surface area contributed by atoms with Gasteiger partial charge >= 0.3 is 5.97 Å². The minimum absolute atomic E-state index is 0.0434. The molecule has 2 aromatic rings. The molecule has 1 aliphatic heterocycles. The number of nitrogens with zero attached hydrogens (tertiary/aromatic N) is 3. The van der Waals surface area contributed by atoms with Gasteiger partial charge in [0.05, 0.1) is 18.0 Å². The third-order valence-corrected chi connectivity index (χ3v) is 6.29. The van der Waals surface area contributed by atoms with E-state index in [1.165, 1.54) is 0 Å². The topological polar surface area (TPSA) is 53.1 Å². The standard InChI is InChI=1S/C24H31N3O3S/c1-6-30-24(29)10-8-7-9-23(28)27-19-13-11-17(25(2)3)15-21(19)31-22-16-18(26(4)5)12-14-20(22)27/h11-16H,6-10H2,1-5H3. The Morgan fingerprint density at radius 1 is 0.871 bits per heavy atom. The summed E-state index contributed by atoms with van der Waals surface area (Å²) in [6.07, 6.45) is 2.03. The Hall–Kier alpha value is -2.67. The van der Waals surface area contributed by atoms with Gasteiger partial charge in [-0.15, -0.1) is 0 Å². The van der Waals surface area contributed by atoms with Crippen molar-refractivity contribution >= 4 is 46.4 Å². The first-order valence-electron chi connectivity index (χ1n) is 10.6. The maximum Gasteiger partial charge on any atom is 0.305 e. The number of amides is 1. The first kappa shape index (κ1) is 23.0. The minimum atomic E-state index is -0.201. The van der Waals surface area contributed by atoms with E-state index in [2.05, 4.69) is 21.9 Å². The highest BCUT2D eigenvalue weighted by Gasteiger charge is 2.28. The number of esters is 1. The van der Waals surface area contributed by atoms with Gasteiger partial charge in [-0.2, -0.15) is 0 Å². The van der Waals surface area contributed by atoms with Crippen LogP contribution >= 0.6 is 11.8 Å². The van der Waals surface area contributed by atoms with Gasteiger partial charge in [0.2, 0.25) is 5.91 Å². The van der Waals surface area contributed by atoms with Gasteiger partial charge in [0.1, 0.15) is 0 Å². The molecule has 0 atom stereocenters. The molecular formula is C24H31N3O3S. The molecule has 2 aromatic carbocycles. The van der Waals surface area contributed by atoms with E-state index in [9.17, 15) is 9.59 Å². The van der Waals surface area contributed by atoms with Crippen molar-refractivity contribution in [1.29, 1.82) is 0 Å². The van der Waals surface area contributed by atoms with Crippen LogP contribution in [0.15, 0.2) is 46.2 Å². The zero-order valence-corrected chi connectivity index (χ0v) is 19.8. The maximum atomic E-state index is 13.3. The summed E-state index contributed by atoms with van der Waals surface area (Å²) in [6.45, 7) is 2.19. The van der Waals surface area contributed by atoms with Gasteiger partial charge in [0, 0.05) is 62.2 Å². The number of rotatable bonds is 8. The van der Waals surface area contributed by atoms with Crippen molar-refractivity contribution in [2.45, 2.75) is 42.4 Å². The van der Waals surface area contributed by atoms with Crippen molar-refractivity contribution < 1.29 is 14.3 Å². The van der Waals surface area contributed by atoms with Crippen LogP contribution < -0.4 is 14.7 Å². The molecule has 31 heavy (non-hydrogen) atoms. The van der Waals surface area contributed by atoms with Crippen molar-refractivity contribution in [3.8, 4) is 0 Å².